The highest BCUT2D eigenvalue weighted by Crippen LogP contribution is 2.32. The van der Waals surface area contributed by atoms with Crippen molar-refractivity contribution in [3.63, 3.8) is 0 Å². The van der Waals surface area contributed by atoms with Gasteiger partial charge in [0.05, 0.1) is 5.56 Å². The largest absolute Gasteiger partial charge is 0.449 e. The van der Waals surface area contributed by atoms with Crippen LogP contribution in [0.1, 0.15) is 29.8 Å². The van der Waals surface area contributed by atoms with Crippen LogP contribution >= 0.6 is 0 Å². The highest BCUT2D eigenvalue weighted by Gasteiger charge is 2.34. The van der Waals surface area contributed by atoms with E-state index in [-0.39, 0.29) is 17.5 Å². The lowest BCUT2D eigenvalue weighted by Gasteiger charge is -2.25. The van der Waals surface area contributed by atoms with E-state index in [1.54, 1.807) is 11.8 Å². The molecule has 4 nitrogen and oxygen atoms in total. The summed E-state index contributed by atoms with van der Waals surface area (Å²) in [6, 6.07) is 12.8. The summed E-state index contributed by atoms with van der Waals surface area (Å²) in [6.45, 7) is 3.52. The van der Waals surface area contributed by atoms with Crippen molar-refractivity contribution in [3.8, 4) is 0 Å². The molecule has 5 heteroatoms. The number of halogens is 1. The van der Waals surface area contributed by atoms with E-state index in [4.69, 9.17) is 4.74 Å². The van der Waals surface area contributed by atoms with Gasteiger partial charge in [-0.25, -0.2) is 9.18 Å². The molecule has 1 aliphatic heterocycles. The van der Waals surface area contributed by atoms with Gasteiger partial charge < -0.3 is 9.64 Å². The zero-order chi connectivity index (χ0) is 17.3. The lowest BCUT2D eigenvalue weighted by atomic mass is 10.1. The maximum atomic E-state index is 12.9. The van der Waals surface area contributed by atoms with Gasteiger partial charge in [0.1, 0.15) is 5.82 Å². The molecule has 2 aromatic carbocycles. The molecule has 0 bridgehead atoms. The number of anilines is 1. The Morgan fingerprint density at radius 3 is 2.54 bits per heavy atom. The second-order valence-corrected chi connectivity index (χ2v) is 5.94. The number of hydrogen-bond donors (Lipinski definition) is 0. The number of ether oxygens (including phenoxy) is 1. The molecule has 2 atom stereocenters. The summed E-state index contributed by atoms with van der Waals surface area (Å²) in [5.74, 6) is -1.34. The first-order valence-electron chi connectivity index (χ1n) is 7.85. The summed E-state index contributed by atoms with van der Waals surface area (Å²) in [5.41, 5.74) is 2.18. The summed E-state index contributed by atoms with van der Waals surface area (Å²) in [4.78, 5) is 26.5. The summed E-state index contributed by atoms with van der Waals surface area (Å²) < 4.78 is 18.2. The molecule has 0 N–H and O–H groups in total. The van der Waals surface area contributed by atoms with Crippen molar-refractivity contribution >= 4 is 17.6 Å². The molecule has 0 aliphatic carbocycles. The Bertz CT molecular complexity index is 772. The first-order valence-corrected chi connectivity index (χ1v) is 7.85. The summed E-state index contributed by atoms with van der Waals surface area (Å²) in [5, 5.41) is 0. The fraction of sp³-hybridized carbons (Fsp3) is 0.263. The predicted octanol–water partition coefficient (Wildman–Crippen LogP) is 3.35. The number of benzene rings is 2. The molecule has 124 valence electrons. The SMILES string of the molecule is C[C@@H]1Cc2ccccc2N1C(=O)[C@@H](C)OC(=O)c1ccc(F)cc1. The van der Waals surface area contributed by atoms with Crippen LogP contribution < -0.4 is 4.90 Å². The van der Waals surface area contributed by atoms with Gasteiger partial charge in [-0.2, -0.15) is 0 Å². The second kappa shape index (κ2) is 6.43. The van der Waals surface area contributed by atoms with Crippen LogP contribution in [0.4, 0.5) is 10.1 Å². The van der Waals surface area contributed by atoms with E-state index >= 15 is 0 Å². The molecule has 1 heterocycles. The number of nitrogens with zero attached hydrogens (tertiary/aromatic N) is 1. The first kappa shape index (κ1) is 16.2. The zero-order valence-electron chi connectivity index (χ0n) is 13.5. The maximum Gasteiger partial charge on any atom is 0.338 e. The molecule has 0 fully saturated rings. The van der Waals surface area contributed by atoms with Gasteiger partial charge in [0.15, 0.2) is 6.10 Å². The van der Waals surface area contributed by atoms with Gasteiger partial charge >= 0.3 is 5.97 Å². The van der Waals surface area contributed by atoms with Crippen molar-refractivity contribution in [1.82, 2.24) is 0 Å². The highest BCUT2D eigenvalue weighted by atomic mass is 19.1. The van der Waals surface area contributed by atoms with Gasteiger partial charge in [0, 0.05) is 11.7 Å². The average Bonchev–Trinajstić information content (AvgIpc) is 2.90. The molecule has 3 rings (SSSR count). The van der Waals surface area contributed by atoms with Crippen molar-refractivity contribution in [2.75, 3.05) is 4.90 Å². The molecule has 0 saturated carbocycles. The molecule has 0 aromatic heterocycles. The van der Waals surface area contributed by atoms with E-state index < -0.39 is 17.9 Å². The van der Waals surface area contributed by atoms with Gasteiger partial charge in [-0.3, -0.25) is 4.79 Å². The van der Waals surface area contributed by atoms with Gasteiger partial charge in [0.2, 0.25) is 0 Å². The normalized spacial score (nSPS) is 17.3. The van der Waals surface area contributed by atoms with E-state index in [1.807, 2.05) is 31.2 Å². The monoisotopic (exact) mass is 327 g/mol. The third-order valence-corrected chi connectivity index (χ3v) is 4.16. The average molecular weight is 327 g/mol. The molecule has 24 heavy (non-hydrogen) atoms. The Hall–Kier alpha value is -2.69. The van der Waals surface area contributed by atoms with Crippen molar-refractivity contribution in [2.45, 2.75) is 32.4 Å². The maximum absolute atomic E-state index is 12.9. The van der Waals surface area contributed by atoms with Crippen LogP contribution in [-0.2, 0) is 16.0 Å². The quantitative estimate of drug-likeness (QED) is 0.812. The van der Waals surface area contributed by atoms with E-state index in [2.05, 4.69) is 0 Å². The summed E-state index contributed by atoms with van der Waals surface area (Å²) >= 11 is 0. The molecule has 1 amide bonds. The van der Waals surface area contributed by atoms with E-state index in [0.717, 1.165) is 17.7 Å². The van der Waals surface area contributed by atoms with Crippen LogP contribution in [0.3, 0.4) is 0 Å². The van der Waals surface area contributed by atoms with Crippen molar-refractivity contribution in [1.29, 1.82) is 0 Å². The lowest BCUT2D eigenvalue weighted by Crippen LogP contribution is -2.43. The number of carbonyl (C=O) groups excluding carboxylic acids is 2. The number of hydrogen-bond acceptors (Lipinski definition) is 3. The second-order valence-electron chi connectivity index (χ2n) is 5.94. The van der Waals surface area contributed by atoms with Gasteiger partial charge in [0.25, 0.3) is 5.91 Å². The van der Waals surface area contributed by atoms with Crippen LogP contribution in [0.5, 0.6) is 0 Å². The zero-order valence-corrected chi connectivity index (χ0v) is 13.5. The van der Waals surface area contributed by atoms with E-state index in [0.29, 0.717) is 0 Å². The smallest absolute Gasteiger partial charge is 0.338 e. The standard InChI is InChI=1S/C19H18FNO3/c1-12-11-15-5-3-4-6-17(15)21(12)18(22)13(2)24-19(23)14-7-9-16(20)10-8-14/h3-10,12-13H,11H2,1-2H3/t12-,13-/m1/s1. The van der Waals surface area contributed by atoms with Crippen molar-refractivity contribution in [2.24, 2.45) is 0 Å². The van der Waals surface area contributed by atoms with Crippen LogP contribution in [0, 0.1) is 5.82 Å². The van der Waals surface area contributed by atoms with E-state index in [1.165, 1.54) is 24.3 Å². The highest BCUT2D eigenvalue weighted by molar-refractivity contribution is 6.00. The van der Waals surface area contributed by atoms with Gasteiger partial charge in [-0.1, -0.05) is 18.2 Å². The lowest BCUT2D eigenvalue weighted by molar-refractivity contribution is -0.126. The van der Waals surface area contributed by atoms with Crippen LogP contribution in [0.2, 0.25) is 0 Å². The Morgan fingerprint density at radius 2 is 1.83 bits per heavy atom. The topological polar surface area (TPSA) is 46.6 Å². The Labute approximate surface area is 139 Å². The molecular weight excluding hydrogens is 309 g/mol. The predicted molar refractivity (Wildman–Crippen MR) is 88.4 cm³/mol. The molecule has 2 aromatic rings. The summed E-state index contributed by atoms with van der Waals surface area (Å²) in [6.07, 6.45) is -0.142. The number of fused-ring (bicyclic) bond motifs is 1. The third kappa shape index (κ3) is 3.02. The molecule has 0 unspecified atom stereocenters. The number of rotatable bonds is 3. The number of carbonyl (C=O) groups is 2. The minimum atomic E-state index is -0.920. The Balaban J connectivity index is 1.73. The minimum Gasteiger partial charge on any atom is -0.449 e. The molecule has 0 radical (unpaired) electrons. The van der Waals surface area contributed by atoms with Gasteiger partial charge in [-0.15, -0.1) is 0 Å². The number of esters is 1. The van der Waals surface area contributed by atoms with Crippen LogP contribution in [0.25, 0.3) is 0 Å². The fourth-order valence-corrected chi connectivity index (χ4v) is 2.96. The Kier molecular flexibility index (Phi) is 4.34. The molecule has 0 spiro atoms. The van der Waals surface area contributed by atoms with Crippen molar-refractivity contribution in [3.05, 3.63) is 65.5 Å². The Morgan fingerprint density at radius 1 is 1.17 bits per heavy atom. The van der Waals surface area contributed by atoms with Gasteiger partial charge in [-0.05, 0) is 56.2 Å². The molecular formula is C19H18FNO3. The van der Waals surface area contributed by atoms with Crippen LogP contribution in [0.15, 0.2) is 48.5 Å². The molecule has 1 aliphatic rings. The van der Waals surface area contributed by atoms with Crippen molar-refractivity contribution < 1.29 is 18.7 Å². The third-order valence-electron chi connectivity index (χ3n) is 4.16. The van der Waals surface area contributed by atoms with E-state index in [9.17, 15) is 14.0 Å². The summed E-state index contributed by atoms with van der Waals surface area (Å²) in [7, 11) is 0. The van der Waals surface area contributed by atoms with Crippen LogP contribution in [-0.4, -0.2) is 24.0 Å². The number of amides is 1. The number of para-hydroxylation sites is 1. The minimum absolute atomic E-state index is 0.0156. The fourth-order valence-electron chi connectivity index (χ4n) is 2.96. The molecule has 0 saturated heterocycles. The first-order chi connectivity index (χ1) is 11.5.